The van der Waals surface area contributed by atoms with Crippen LogP contribution in [0.25, 0.3) is 0 Å². The summed E-state index contributed by atoms with van der Waals surface area (Å²) in [4.78, 5) is 49.4. The molecule has 2 aromatic heterocycles. The summed E-state index contributed by atoms with van der Waals surface area (Å²) < 4.78 is 26.1. The van der Waals surface area contributed by atoms with Crippen molar-refractivity contribution in [2.24, 2.45) is 0 Å². The zero-order chi connectivity index (χ0) is 27.7. The first kappa shape index (κ1) is 26.5. The Morgan fingerprint density at radius 1 is 1.41 bits per heavy atom. The van der Waals surface area contributed by atoms with Crippen molar-refractivity contribution in [2.75, 3.05) is 49.0 Å². The molecular formula is C26H28FN7O5. The van der Waals surface area contributed by atoms with Crippen LogP contribution in [0.1, 0.15) is 46.9 Å². The largest absolute Gasteiger partial charge is 0.383 e. The number of hydrogen-bond donors (Lipinski definition) is 2. The maximum atomic E-state index is 15.8. The lowest BCUT2D eigenvalue weighted by molar-refractivity contribution is -0.148. The molecule has 4 aliphatic rings. The lowest BCUT2D eigenvalue weighted by atomic mass is 9.68. The number of rotatable bonds is 8. The second kappa shape index (κ2) is 10.5. The third-order valence-corrected chi connectivity index (χ3v) is 7.30. The smallest absolute Gasteiger partial charge is 0.328 e. The van der Waals surface area contributed by atoms with Crippen LogP contribution in [0.4, 0.5) is 26.5 Å². The summed E-state index contributed by atoms with van der Waals surface area (Å²) in [6.07, 6.45) is 2.07. The molecule has 12 nitrogen and oxygen atoms in total. The standard InChI is InChI=1S/C26H28FN7O5/c1-15-13-39-14-23(36)33(15)11-16-5-19-24(31-21(16)12-35)34(18-7-26(19,27)8-18)25(37)32-22-6-20(29-3-4-38-2)17(9-28)10-30-22/h5-6,10,12,15,18H,3-4,7-8,11,13-14H2,1-2H3,(H2,29,30,32,37). The summed E-state index contributed by atoms with van der Waals surface area (Å²) in [5.41, 5.74) is -0.247. The van der Waals surface area contributed by atoms with Crippen molar-refractivity contribution in [3.63, 3.8) is 0 Å². The maximum absolute atomic E-state index is 15.8. The average Bonchev–Trinajstić information content (AvgIpc) is 2.90. The number of carbonyl (C=O) groups excluding carboxylic acids is 3. The average molecular weight is 538 g/mol. The molecule has 3 aliphatic heterocycles. The number of methoxy groups -OCH3 is 1. The maximum Gasteiger partial charge on any atom is 0.328 e. The summed E-state index contributed by atoms with van der Waals surface area (Å²) in [5, 5.41) is 15.1. The fourth-order valence-electron chi connectivity index (χ4n) is 5.21. The SMILES string of the molecule is COCCNc1cc(NC(=O)N2c3nc(C=O)c(CN4C(=O)COCC4C)cc3C3(F)CC2C3)ncc1C#N. The van der Waals surface area contributed by atoms with E-state index in [-0.39, 0.29) is 60.8 Å². The minimum Gasteiger partial charge on any atom is -0.383 e. The molecule has 1 atom stereocenters. The van der Waals surface area contributed by atoms with Gasteiger partial charge in [-0.1, -0.05) is 0 Å². The van der Waals surface area contributed by atoms with Crippen molar-refractivity contribution < 1.29 is 28.2 Å². The monoisotopic (exact) mass is 537 g/mol. The van der Waals surface area contributed by atoms with Crippen LogP contribution in [0.15, 0.2) is 18.3 Å². The van der Waals surface area contributed by atoms with Gasteiger partial charge in [0.2, 0.25) is 5.91 Å². The van der Waals surface area contributed by atoms with Crippen LogP contribution in [0.2, 0.25) is 0 Å². The van der Waals surface area contributed by atoms with Gasteiger partial charge in [0.15, 0.2) is 6.29 Å². The van der Waals surface area contributed by atoms with E-state index in [4.69, 9.17) is 9.47 Å². The third kappa shape index (κ3) is 4.88. The number of nitrogens with one attached hydrogen (secondary N) is 2. The first-order valence-electron chi connectivity index (χ1n) is 12.6. The van der Waals surface area contributed by atoms with Gasteiger partial charge in [-0.2, -0.15) is 5.26 Å². The first-order chi connectivity index (χ1) is 18.8. The number of ether oxygens (including phenoxy) is 2. The Morgan fingerprint density at radius 2 is 2.21 bits per heavy atom. The number of alkyl halides is 1. The molecule has 0 radical (unpaired) electrons. The van der Waals surface area contributed by atoms with Gasteiger partial charge in [0.05, 0.1) is 30.5 Å². The van der Waals surface area contributed by atoms with E-state index in [1.165, 1.54) is 17.2 Å². The molecular weight excluding hydrogens is 509 g/mol. The van der Waals surface area contributed by atoms with Crippen LogP contribution in [0, 0.1) is 11.3 Å². The highest BCUT2D eigenvalue weighted by atomic mass is 19.1. The van der Waals surface area contributed by atoms with E-state index in [1.54, 1.807) is 18.1 Å². The number of amides is 3. The van der Waals surface area contributed by atoms with Crippen molar-refractivity contribution in [2.45, 2.75) is 44.1 Å². The number of hydrogen-bond acceptors (Lipinski definition) is 9. The number of aromatic nitrogens is 2. The Morgan fingerprint density at radius 3 is 2.90 bits per heavy atom. The van der Waals surface area contributed by atoms with E-state index in [0.717, 1.165) is 0 Å². The number of aldehydes is 1. The molecule has 1 saturated heterocycles. The molecule has 5 heterocycles. The van der Waals surface area contributed by atoms with Crippen molar-refractivity contribution in [1.82, 2.24) is 14.9 Å². The first-order valence-corrected chi connectivity index (χ1v) is 12.6. The van der Waals surface area contributed by atoms with Gasteiger partial charge in [0, 0.05) is 62.5 Å². The molecule has 2 aromatic rings. The number of pyridine rings is 2. The highest BCUT2D eigenvalue weighted by molar-refractivity contribution is 6.03. The number of nitrogens with zero attached hydrogens (tertiary/aromatic N) is 5. The Labute approximate surface area is 224 Å². The van der Waals surface area contributed by atoms with Gasteiger partial charge in [0.1, 0.15) is 35.7 Å². The molecule has 1 unspecified atom stereocenters. The zero-order valence-corrected chi connectivity index (χ0v) is 21.6. The van der Waals surface area contributed by atoms with E-state index >= 15 is 4.39 Å². The van der Waals surface area contributed by atoms with E-state index in [2.05, 4.69) is 20.6 Å². The van der Waals surface area contributed by atoms with Gasteiger partial charge in [-0.3, -0.25) is 19.8 Å². The van der Waals surface area contributed by atoms with Crippen molar-refractivity contribution in [1.29, 1.82) is 5.26 Å². The lowest BCUT2D eigenvalue weighted by Crippen LogP contribution is -2.60. The molecule has 3 amide bonds. The summed E-state index contributed by atoms with van der Waals surface area (Å²) in [6, 6.07) is 3.88. The van der Waals surface area contributed by atoms with Gasteiger partial charge >= 0.3 is 6.03 Å². The van der Waals surface area contributed by atoms with E-state index in [1.807, 2.05) is 13.0 Å². The minimum atomic E-state index is -1.67. The number of morpholine rings is 1. The number of anilines is 3. The molecule has 0 spiro atoms. The molecule has 2 N–H and O–H groups in total. The summed E-state index contributed by atoms with van der Waals surface area (Å²) >= 11 is 0. The molecule has 1 saturated carbocycles. The van der Waals surface area contributed by atoms with Crippen molar-refractivity contribution in [3.05, 3.63) is 40.7 Å². The fourth-order valence-corrected chi connectivity index (χ4v) is 5.21. The van der Waals surface area contributed by atoms with E-state index in [0.29, 0.717) is 42.9 Å². The highest BCUT2D eigenvalue weighted by Gasteiger charge is 2.57. The quantitative estimate of drug-likeness (QED) is 0.382. The van der Waals surface area contributed by atoms with Gasteiger partial charge in [-0.15, -0.1) is 0 Å². The number of nitriles is 1. The minimum absolute atomic E-state index is 0.0315. The van der Waals surface area contributed by atoms with E-state index < -0.39 is 17.7 Å². The Bertz CT molecular complexity index is 1360. The van der Waals surface area contributed by atoms with Crippen LogP contribution in [-0.4, -0.2) is 78.7 Å². The molecule has 1 aliphatic carbocycles. The summed E-state index contributed by atoms with van der Waals surface area (Å²) in [5.74, 6) is 0.0229. The molecule has 0 aromatic carbocycles. The van der Waals surface area contributed by atoms with Crippen molar-refractivity contribution >= 4 is 35.5 Å². The van der Waals surface area contributed by atoms with Crippen LogP contribution in [0.3, 0.4) is 0 Å². The third-order valence-electron chi connectivity index (χ3n) is 7.30. The predicted octanol–water partition coefficient (Wildman–Crippen LogP) is 2.35. The summed E-state index contributed by atoms with van der Waals surface area (Å²) in [7, 11) is 1.56. The van der Waals surface area contributed by atoms with Crippen LogP contribution in [0.5, 0.6) is 0 Å². The van der Waals surface area contributed by atoms with Crippen LogP contribution in [-0.2, 0) is 26.5 Å². The van der Waals surface area contributed by atoms with Crippen molar-refractivity contribution in [3.8, 4) is 6.07 Å². The Balaban J connectivity index is 1.43. The van der Waals surface area contributed by atoms with Gasteiger partial charge in [-0.05, 0) is 13.0 Å². The van der Waals surface area contributed by atoms with Gasteiger partial charge in [-0.25, -0.2) is 19.2 Å². The predicted molar refractivity (Wildman–Crippen MR) is 137 cm³/mol. The fraction of sp³-hybridized carbons (Fsp3) is 0.462. The summed E-state index contributed by atoms with van der Waals surface area (Å²) in [6.45, 7) is 3.07. The normalized spacial score (nSPS) is 23.4. The Hall–Kier alpha value is -4.15. The lowest BCUT2D eigenvalue weighted by Gasteiger charge is -2.52. The molecule has 2 fully saturated rings. The molecule has 39 heavy (non-hydrogen) atoms. The number of urea groups is 1. The number of carbonyl (C=O) groups is 3. The van der Waals surface area contributed by atoms with Gasteiger partial charge in [0.25, 0.3) is 0 Å². The van der Waals surface area contributed by atoms with Crippen LogP contribution >= 0.6 is 0 Å². The topological polar surface area (TPSA) is 150 Å². The molecule has 204 valence electrons. The highest BCUT2D eigenvalue weighted by Crippen LogP contribution is 2.56. The van der Waals surface area contributed by atoms with Crippen LogP contribution < -0.4 is 15.5 Å². The molecule has 13 heteroatoms. The second-order valence-corrected chi connectivity index (χ2v) is 9.88. The van der Waals surface area contributed by atoms with E-state index in [9.17, 15) is 19.6 Å². The Kier molecular flexibility index (Phi) is 7.16. The number of halogens is 1. The zero-order valence-electron chi connectivity index (χ0n) is 21.6. The molecule has 6 rings (SSSR count). The molecule has 2 bridgehead atoms. The van der Waals surface area contributed by atoms with Gasteiger partial charge < -0.3 is 19.7 Å². The second-order valence-electron chi connectivity index (χ2n) is 9.88.